The van der Waals surface area contributed by atoms with Gasteiger partial charge in [-0.3, -0.25) is 9.69 Å². The van der Waals surface area contributed by atoms with Crippen LogP contribution in [-0.4, -0.2) is 30.3 Å². The Bertz CT molecular complexity index is 187. The third-order valence-electron chi connectivity index (χ3n) is 2.15. The number of ketones is 1. The molecule has 0 aromatic heterocycles. The van der Waals surface area contributed by atoms with Gasteiger partial charge in [-0.2, -0.15) is 0 Å². The largest absolute Gasteiger partial charge is 0.297 e. The highest BCUT2D eigenvalue weighted by molar-refractivity contribution is 5.82. The molecule has 0 spiro atoms. The average Bonchev–Trinajstić information content (AvgIpc) is 2.06. The van der Waals surface area contributed by atoms with Crippen LogP contribution in [0.1, 0.15) is 25.7 Å². The summed E-state index contributed by atoms with van der Waals surface area (Å²) >= 11 is 0. The van der Waals surface area contributed by atoms with Gasteiger partial charge < -0.3 is 0 Å². The summed E-state index contributed by atoms with van der Waals surface area (Å²) in [6, 6.07) is 0. The molecule has 1 aliphatic heterocycles. The van der Waals surface area contributed by atoms with Gasteiger partial charge in [0, 0.05) is 0 Å². The molecule has 1 saturated heterocycles. The summed E-state index contributed by atoms with van der Waals surface area (Å²) in [4.78, 5) is 13.3. The van der Waals surface area contributed by atoms with Crippen molar-refractivity contribution in [3.63, 3.8) is 0 Å². The van der Waals surface area contributed by atoms with Crippen molar-refractivity contribution in [2.45, 2.75) is 25.7 Å². The highest BCUT2D eigenvalue weighted by atomic mass is 16.1. The normalized spacial score (nSPS) is 18.6. The number of terminal acetylenes is 1. The van der Waals surface area contributed by atoms with Gasteiger partial charge in [-0.25, -0.2) is 0 Å². The van der Waals surface area contributed by atoms with Crippen LogP contribution in [0.2, 0.25) is 0 Å². The third kappa shape index (κ3) is 3.06. The molecule has 1 rings (SSSR count). The molecule has 0 unspecified atom stereocenters. The quantitative estimate of drug-likeness (QED) is 0.583. The van der Waals surface area contributed by atoms with Crippen LogP contribution in [0.15, 0.2) is 0 Å². The Morgan fingerprint density at radius 1 is 1.33 bits per heavy atom. The molecule has 0 N–H and O–H groups in total. The van der Waals surface area contributed by atoms with E-state index >= 15 is 0 Å². The van der Waals surface area contributed by atoms with Gasteiger partial charge in [0.1, 0.15) is 0 Å². The topological polar surface area (TPSA) is 20.3 Å². The van der Waals surface area contributed by atoms with Crippen molar-refractivity contribution in [3.8, 4) is 12.3 Å². The number of piperidine rings is 1. The van der Waals surface area contributed by atoms with E-state index in [1.54, 1.807) is 0 Å². The van der Waals surface area contributed by atoms with Gasteiger partial charge in [0.05, 0.1) is 13.0 Å². The SMILES string of the molecule is C#CCC(=O)CN1CCCCC1. The number of nitrogens with zero attached hydrogens (tertiary/aromatic N) is 1. The minimum atomic E-state index is 0.180. The first kappa shape index (κ1) is 9.28. The van der Waals surface area contributed by atoms with Gasteiger partial charge in [0.25, 0.3) is 0 Å². The Morgan fingerprint density at radius 2 is 2.00 bits per heavy atom. The smallest absolute Gasteiger partial charge is 0.158 e. The Morgan fingerprint density at radius 3 is 2.58 bits per heavy atom. The summed E-state index contributed by atoms with van der Waals surface area (Å²) in [5.41, 5.74) is 0. The molecular formula is C10H15NO. The van der Waals surface area contributed by atoms with Crippen LogP contribution in [0.4, 0.5) is 0 Å². The van der Waals surface area contributed by atoms with E-state index in [1.807, 2.05) is 0 Å². The number of rotatable bonds is 3. The number of hydrogen-bond donors (Lipinski definition) is 0. The van der Waals surface area contributed by atoms with Gasteiger partial charge in [-0.1, -0.05) is 12.3 Å². The van der Waals surface area contributed by atoms with Crippen LogP contribution in [0, 0.1) is 12.3 Å². The van der Waals surface area contributed by atoms with Gasteiger partial charge in [0.15, 0.2) is 5.78 Å². The molecule has 0 amide bonds. The molecule has 0 atom stereocenters. The van der Waals surface area contributed by atoms with E-state index in [9.17, 15) is 4.79 Å². The lowest BCUT2D eigenvalue weighted by atomic mass is 10.1. The molecule has 0 radical (unpaired) electrons. The van der Waals surface area contributed by atoms with Crippen LogP contribution in [0.5, 0.6) is 0 Å². The van der Waals surface area contributed by atoms with Gasteiger partial charge in [-0.05, 0) is 25.9 Å². The lowest BCUT2D eigenvalue weighted by Crippen LogP contribution is -2.34. The lowest BCUT2D eigenvalue weighted by Gasteiger charge is -2.25. The van der Waals surface area contributed by atoms with E-state index in [-0.39, 0.29) is 12.2 Å². The second kappa shape index (κ2) is 4.95. The summed E-state index contributed by atoms with van der Waals surface area (Å²) < 4.78 is 0. The third-order valence-corrected chi connectivity index (χ3v) is 2.15. The zero-order chi connectivity index (χ0) is 8.81. The van der Waals surface area contributed by atoms with Crippen molar-refractivity contribution >= 4 is 5.78 Å². The molecular weight excluding hydrogens is 150 g/mol. The highest BCUT2D eigenvalue weighted by Crippen LogP contribution is 2.08. The number of Topliss-reactive ketones (excluding diaryl/α,β-unsaturated/α-hetero) is 1. The summed E-state index contributed by atoms with van der Waals surface area (Å²) in [5, 5.41) is 0. The van der Waals surface area contributed by atoms with Gasteiger partial charge in [-0.15, -0.1) is 6.42 Å². The zero-order valence-electron chi connectivity index (χ0n) is 7.38. The minimum Gasteiger partial charge on any atom is -0.297 e. The van der Waals surface area contributed by atoms with Crippen molar-refractivity contribution in [1.29, 1.82) is 0 Å². The number of likely N-dealkylation sites (tertiary alicyclic amines) is 1. The maximum atomic E-state index is 11.1. The zero-order valence-corrected chi connectivity index (χ0v) is 7.38. The molecule has 66 valence electrons. The molecule has 0 aliphatic carbocycles. The monoisotopic (exact) mass is 165 g/mol. The van der Waals surface area contributed by atoms with E-state index in [4.69, 9.17) is 6.42 Å². The Kier molecular flexibility index (Phi) is 3.83. The fourth-order valence-corrected chi connectivity index (χ4v) is 1.54. The van der Waals surface area contributed by atoms with E-state index in [1.165, 1.54) is 19.3 Å². The predicted octanol–water partition coefficient (Wildman–Crippen LogP) is 1.06. The standard InChI is InChI=1S/C10H15NO/c1-2-6-10(12)9-11-7-4-3-5-8-11/h1H,3-9H2. The Labute approximate surface area is 73.9 Å². The van der Waals surface area contributed by atoms with Crippen molar-refractivity contribution in [3.05, 3.63) is 0 Å². The molecule has 0 aromatic carbocycles. The first-order valence-electron chi connectivity index (χ1n) is 4.50. The molecule has 1 aliphatic rings. The number of hydrogen-bond acceptors (Lipinski definition) is 2. The van der Waals surface area contributed by atoms with Crippen LogP contribution >= 0.6 is 0 Å². The van der Waals surface area contributed by atoms with Crippen LogP contribution < -0.4 is 0 Å². The van der Waals surface area contributed by atoms with E-state index in [2.05, 4.69) is 10.8 Å². The molecule has 0 aromatic rings. The van der Waals surface area contributed by atoms with Crippen molar-refractivity contribution in [2.24, 2.45) is 0 Å². The molecule has 1 fully saturated rings. The average molecular weight is 165 g/mol. The van der Waals surface area contributed by atoms with E-state index in [0.717, 1.165) is 13.1 Å². The summed E-state index contributed by atoms with van der Waals surface area (Å²) in [6.45, 7) is 2.69. The Balaban J connectivity index is 2.21. The van der Waals surface area contributed by atoms with Gasteiger partial charge in [0.2, 0.25) is 0 Å². The van der Waals surface area contributed by atoms with Crippen LogP contribution in [0.25, 0.3) is 0 Å². The maximum Gasteiger partial charge on any atom is 0.158 e. The van der Waals surface area contributed by atoms with Crippen LogP contribution in [-0.2, 0) is 4.79 Å². The Hall–Kier alpha value is -0.810. The fourth-order valence-electron chi connectivity index (χ4n) is 1.54. The fraction of sp³-hybridized carbons (Fsp3) is 0.700. The highest BCUT2D eigenvalue weighted by Gasteiger charge is 2.12. The molecule has 1 heterocycles. The molecule has 0 saturated carbocycles. The number of carbonyl (C=O) groups excluding carboxylic acids is 1. The van der Waals surface area contributed by atoms with Crippen LogP contribution in [0.3, 0.4) is 0 Å². The summed E-state index contributed by atoms with van der Waals surface area (Å²) in [5.74, 6) is 2.56. The van der Waals surface area contributed by atoms with Crippen molar-refractivity contribution < 1.29 is 4.79 Å². The van der Waals surface area contributed by atoms with E-state index < -0.39 is 0 Å². The maximum absolute atomic E-state index is 11.1. The van der Waals surface area contributed by atoms with Crippen molar-refractivity contribution in [1.82, 2.24) is 4.90 Å². The second-order valence-corrected chi connectivity index (χ2v) is 3.26. The van der Waals surface area contributed by atoms with Gasteiger partial charge >= 0.3 is 0 Å². The summed E-state index contributed by atoms with van der Waals surface area (Å²) in [6.07, 6.45) is 9.09. The minimum absolute atomic E-state index is 0.180. The second-order valence-electron chi connectivity index (χ2n) is 3.26. The first-order chi connectivity index (χ1) is 5.83. The molecule has 0 bridgehead atoms. The molecule has 2 heteroatoms. The van der Waals surface area contributed by atoms with Crippen molar-refractivity contribution in [2.75, 3.05) is 19.6 Å². The first-order valence-corrected chi connectivity index (χ1v) is 4.50. The summed E-state index contributed by atoms with van der Waals surface area (Å²) in [7, 11) is 0. The predicted molar refractivity (Wildman–Crippen MR) is 48.7 cm³/mol. The lowest BCUT2D eigenvalue weighted by molar-refractivity contribution is -0.119. The molecule has 12 heavy (non-hydrogen) atoms. The van der Waals surface area contributed by atoms with E-state index in [0.29, 0.717) is 6.54 Å². The number of carbonyl (C=O) groups is 1. The molecule has 2 nitrogen and oxygen atoms in total.